The van der Waals surface area contributed by atoms with Gasteiger partial charge in [0.2, 0.25) is 0 Å². The first-order valence-corrected chi connectivity index (χ1v) is 68.5. The molecule has 40 heteroatoms. The van der Waals surface area contributed by atoms with E-state index in [2.05, 4.69) is 74.7 Å². The Morgan fingerprint density at radius 2 is 0.484 bits per heavy atom. The van der Waals surface area contributed by atoms with Crippen molar-refractivity contribution >= 4 is 250 Å². The molecule has 0 saturated heterocycles. The van der Waals surface area contributed by atoms with Crippen LogP contribution in [-0.4, -0.2) is 185 Å². The van der Waals surface area contributed by atoms with Crippen molar-refractivity contribution in [2.24, 2.45) is 5.92 Å². The average Bonchev–Trinajstić information content (AvgIpc) is 0.775. The minimum absolute atomic E-state index is 0.264. The van der Waals surface area contributed by atoms with Crippen molar-refractivity contribution in [3.63, 3.8) is 0 Å². The highest BCUT2D eigenvalue weighted by atomic mass is 33.7. The topological polar surface area (TPSA) is 138 Å². The van der Waals surface area contributed by atoms with E-state index >= 15 is 0 Å². The first kappa shape index (κ1) is 102. The minimum Gasteiger partial charge on any atom is -0.374 e. The van der Waals surface area contributed by atoms with Crippen molar-refractivity contribution in [3.8, 4) is 0 Å². The molecule has 572 valence electrons. The molecule has 0 aromatic heterocycles. The lowest BCUT2D eigenvalue weighted by Gasteiger charge is -2.48. The van der Waals surface area contributed by atoms with Crippen LogP contribution in [0.5, 0.6) is 0 Å². The Morgan fingerprint density at radius 1 is 0.274 bits per heavy atom. The molecule has 15 nitrogen and oxygen atoms in total. The molecule has 0 aromatic carbocycles. The Hall–Kier alpha value is 7.48. The smallest absolute Gasteiger partial charge is 0.374 e. The van der Waals surface area contributed by atoms with E-state index in [-0.39, 0.29) is 13.4 Å². The van der Waals surface area contributed by atoms with Gasteiger partial charge in [-0.2, -0.15) is 0 Å². The summed E-state index contributed by atoms with van der Waals surface area (Å²) in [6, 6.07) is 4.02. The summed E-state index contributed by atoms with van der Waals surface area (Å²) < 4.78 is 93.4. The van der Waals surface area contributed by atoms with E-state index in [1.807, 2.05) is 256 Å². The molecule has 0 aliphatic heterocycles. The average molecular weight is 1810 g/mol. The molecular weight excluding hydrogens is 1680 g/mol. The van der Waals surface area contributed by atoms with Crippen LogP contribution in [0.15, 0.2) is 0 Å². The lowest BCUT2D eigenvalue weighted by Crippen LogP contribution is -2.48. The molecule has 3 unspecified atom stereocenters. The fraction of sp³-hybridized carbons (Fsp3) is 1.00. The summed E-state index contributed by atoms with van der Waals surface area (Å²) in [5.74, 6) is 5.41. The zero-order valence-corrected chi connectivity index (χ0v) is 81.6. The Labute approximate surface area is 661 Å². The molecule has 0 saturated carbocycles. The highest BCUT2D eigenvalue weighted by Crippen LogP contribution is 2.76. The predicted octanol–water partition coefficient (Wildman–Crippen LogP) is 25.2. The van der Waals surface area contributed by atoms with Crippen molar-refractivity contribution < 1.29 is 66.4 Å². The maximum Gasteiger partial charge on any atom is 0.500 e. The Balaban J connectivity index is 7.86. The van der Waals surface area contributed by atoms with Crippen molar-refractivity contribution in [1.29, 1.82) is 0 Å². The van der Waals surface area contributed by atoms with Gasteiger partial charge < -0.3 is 66.4 Å². The molecule has 0 heterocycles. The lowest BCUT2D eigenvalue weighted by molar-refractivity contribution is 0.0704. The van der Waals surface area contributed by atoms with Gasteiger partial charge in [0.15, 0.2) is 3.41 Å². The fourth-order valence-corrected chi connectivity index (χ4v) is 66.4. The van der Waals surface area contributed by atoms with E-state index in [4.69, 9.17) is 66.4 Å². The van der Waals surface area contributed by atoms with Gasteiger partial charge in [-0.25, -0.2) is 0 Å². The van der Waals surface area contributed by atoms with Crippen LogP contribution in [0.2, 0.25) is 30.2 Å². The summed E-state index contributed by atoms with van der Waals surface area (Å²) in [6.07, 6.45) is 8.14. The molecule has 0 rings (SSSR count). The van der Waals surface area contributed by atoms with Gasteiger partial charge in [0.1, 0.15) is 0 Å². The SMILES string of the molecule is CCO[Si](CCCSSSSC(CCC(C)CC)C(C)(SSSSCCC[Si](OCC)(OCC)OCC)C(SSSSCCC[Si](OCC)(OCC)OCC)(SSSSCCC[Si](OCC)(OCC)OCC)SSSSCCC[Si](OCC)(OCC)OCC)(OCC)OCC. The normalized spacial score (nSPS) is 14.3. The molecular formula is C55H122O15S20Si5. The van der Waals surface area contributed by atoms with Crippen molar-refractivity contribution in [2.75, 3.05) is 128 Å². The van der Waals surface area contributed by atoms with E-state index in [0.717, 1.165) is 110 Å². The first-order chi connectivity index (χ1) is 46.0. The van der Waals surface area contributed by atoms with Crippen molar-refractivity contribution in [3.05, 3.63) is 0 Å². The minimum atomic E-state index is -2.76. The van der Waals surface area contributed by atoms with Crippen LogP contribution in [0.25, 0.3) is 0 Å². The summed E-state index contributed by atoms with van der Waals surface area (Å²) in [6.45, 7) is 46.6. The maximum absolute atomic E-state index is 6.28. The molecule has 95 heavy (non-hydrogen) atoms. The van der Waals surface area contributed by atoms with E-state index in [1.54, 1.807) is 0 Å². The highest BCUT2D eigenvalue weighted by molar-refractivity contribution is 9.33. The second-order valence-corrected chi connectivity index (χ2v) is 65.5. The van der Waals surface area contributed by atoms with Gasteiger partial charge in [-0.1, -0.05) is 95.8 Å². The maximum atomic E-state index is 6.28. The third-order valence-electron chi connectivity index (χ3n) is 13.0. The van der Waals surface area contributed by atoms with Gasteiger partial charge >= 0.3 is 44.0 Å². The van der Waals surface area contributed by atoms with Gasteiger partial charge in [-0.05, 0) is 292 Å². The second kappa shape index (κ2) is 67.2. The first-order valence-electron chi connectivity index (χ1n) is 33.8. The van der Waals surface area contributed by atoms with Gasteiger partial charge in [0.05, 0.1) is 4.75 Å². The summed E-state index contributed by atoms with van der Waals surface area (Å²) >= 11 is 0. The summed E-state index contributed by atoms with van der Waals surface area (Å²) in [7, 11) is 25.4. The van der Waals surface area contributed by atoms with Crippen molar-refractivity contribution in [1.82, 2.24) is 0 Å². The van der Waals surface area contributed by atoms with Gasteiger partial charge in [0.25, 0.3) is 0 Å². The van der Waals surface area contributed by atoms with Gasteiger partial charge in [-0.15, -0.1) is 0 Å². The van der Waals surface area contributed by atoms with E-state index in [9.17, 15) is 0 Å². The molecule has 0 fully saturated rings. The zero-order chi connectivity index (χ0) is 70.7. The van der Waals surface area contributed by atoms with Crippen LogP contribution in [-0.2, 0) is 66.4 Å². The molecule has 0 aliphatic rings. The Kier molecular flexibility index (Phi) is 72.5. The third kappa shape index (κ3) is 45.6. The van der Waals surface area contributed by atoms with Crippen LogP contribution in [0.4, 0.5) is 0 Å². The van der Waals surface area contributed by atoms with E-state index in [0.29, 0.717) is 105 Å². The van der Waals surface area contributed by atoms with Crippen LogP contribution in [0.3, 0.4) is 0 Å². The molecule has 0 spiro atoms. The molecule has 0 radical (unpaired) electrons. The molecule has 0 bridgehead atoms. The van der Waals surface area contributed by atoms with Crippen LogP contribution < -0.4 is 0 Å². The van der Waals surface area contributed by atoms with Crippen LogP contribution >= 0.6 is 206 Å². The second-order valence-electron chi connectivity index (χ2n) is 19.9. The summed E-state index contributed by atoms with van der Waals surface area (Å²) in [4.78, 5) is 0. The number of hydrogen-bond acceptors (Lipinski definition) is 35. The quantitative estimate of drug-likeness (QED) is 0.0247. The summed E-state index contributed by atoms with van der Waals surface area (Å²) in [5.41, 5.74) is 0. The van der Waals surface area contributed by atoms with Gasteiger partial charge in [0, 0.05) is 163 Å². The Morgan fingerprint density at radius 3 is 0.695 bits per heavy atom. The molecule has 0 aromatic rings. The number of rotatable bonds is 76. The summed E-state index contributed by atoms with van der Waals surface area (Å²) in [5, 5.41) is 0.264. The molecule has 0 amide bonds. The van der Waals surface area contributed by atoms with Gasteiger partial charge in [-0.3, -0.25) is 0 Å². The van der Waals surface area contributed by atoms with Crippen LogP contribution in [0, 0.1) is 5.92 Å². The lowest BCUT2D eigenvalue weighted by atomic mass is 9.96. The monoisotopic (exact) mass is 1800 g/mol. The molecule has 0 N–H and O–H groups in total. The standard InChI is InChI=1S/C55H122O15S20Si5/c1-19-52(17)40-41-53(76-86-81-71-42-35-47-91(56-20-2,57-21-3)58-22-4)54(18,77-87-82-72-43-36-48-92(59-23-5,60-24-6)61-25-7)55(78-88-83-73-44-37-49-93(62-26-8,63-27-9)64-28-10,79-89-84-74-45-38-50-94(65-29-11,66-30-12)67-31-13)80-90-85-75-46-39-51-95(68-32-14,69-33-15)70-34-16/h52-53H,19-51H2,1-18H3. The van der Waals surface area contributed by atoms with E-state index in [1.165, 1.54) is 0 Å². The zero-order valence-electron chi connectivity index (χ0n) is 60.3. The van der Waals surface area contributed by atoms with Crippen LogP contribution in [0.1, 0.15) is 176 Å². The molecule has 3 atom stereocenters. The predicted molar refractivity (Wildman–Crippen MR) is 470 cm³/mol. The van der Waals surface area contributed by atoms with Crippen molar-refractivity contribution in [2.45, 2.75) is 220 Å². The number of hydrogen-bond donors (Lipinski definition) is 0. The largest absolute Gasteiger partial charge is 0.500 e. The molecule has 0 aliphatic carbocycles. The fourth-order valence-electron chi connectivity index (χ4n) is 8.98. The third-order valence-corrected chi connectivity index (χ3v) is 67.2. The highest BCUT2D eigenvalue weighted by Gasteiger charge is 2.58. The Bertz CT molecular complexity index is 1550. The van der Waals surface area contributed by atoms with E-state index < -0.39 is 44.0 Å².